The highest BCUT2D eigenvalue weighted by atomic mass is 16.3. The summed E-state index contributed by atoms with van der Waals surface area (Å²) >= 11 is 0. The van der Waals surface area contributed by atoms with Gasteiger partial charge in [-0.05, 0) is 30.9 Å². The van der Waals surface area contributed by atoms with Crippen LogP contribution in [0.3, 0.4) is 0 Å². The summed E-state index contributed by atoms with van der Waals surface area (Å²) in [7, 11) is 0. The molecule has 0 spiro atoms. The van der Waals surface area contributed by atoms with E-state index in [0.717, 1.165) is 18.4 Å². The summed E-state index contributed by atoms with van der Waals surface area (Å²) in [5, 5.41) is 14.0. The predicted molar refractivity (Wildman–Crippen MR) is 66.5 cm³/mol. The summed E-state index contributed by atoms with van der Waals surface area (Å²) in [6, 6.07) is 6.82. The van der Waals surface area contributed by atoms with Crippen LogP contribution >= 0.6 is 0 Å². The van der Waals surface area contributed by atoms with Crippen LogP contribution in [0.15, 0.2) is 18.2 Å². The molecule has 2 heteroatoms. The van der Waals surface area contributed by atoms with Gasteiger partial charge in [0.05, 0.1) is 0 Å². The Bertz CT molecular complexity index is 386. The highest BCUT2D eigenvalue weighted by Gasteiger charge is 2.36. The molecular formula is C14H21NO. The SMILES string of the molecule is Cc1ccc2c(c1)C(O)(CNC(C)C)CC2. The van der Waals surface area contributed by atoms with Crippen molar-refractivity contribution < 1.29 is 5.11 Å². The highest BCUT2D eigenvalue weighted by Crippen LogP contribution is 2.36. The van der Waals surface area contributed by atoms with E-state index in [1.165, 1.54) is 11.1 Å². The first kappa shape index (κ1) is 11.6. The fraction of sp³-hybridized carbons (Fsp3) is 0.571. The maximum atomic E-state index is 10.7. The van der Waals surface area contributed by atoms with Gasteiger partial charge in [-0.15, -0.1) is 0 Å². The van der Waals surface area contributed by atoms with Gasteiger partial charge in [0.25, 0.3) is 0 Å². The third kappa shape index (κ3) is 2.13. The molecular weight excluding hydrogens is 198 g/mol. The van der Waals surface area contributed by atoms with Gasteiger partial charge in [-0.2, -0.15) is 0 Å². The average molecular weight is 219 g/mol. The summed E-state index contributed by atoms with van der Waals surface area (Å²) in [5.74, 6) is 0. The van der Waals surface area contributed by atoms with Gasteiger partial charge in [0.15, 0.2) is 0 Å². The van der Waals surface area contributed by atoms with Gasteiger partial charge in [0.2, 0.25) is 0 Å². The minimum atomic E-state index is -0.661. The number of aryl methyl sites for hydroxylation is 2. The Kier molecular flexibility index (Phi) is 3.04. The van der Waals surface area contributed by atoms with Crippen molar-refractivity contribution >= 4 is 0 Å². The van der Waals surface area contributed by atoms with Crippen LogP contribution in [-0.2, 0) is 12.0 Å². The Balaban J connectivity index is 2.23. The summed E-state index contributed by atoms with van der Waals surface area (Å²) in [4.78, 5) is 0. The van der Waals surface area contributed by atoms with Gasteiger partial charge in [0.1, 0.15) is 5.60 Å². The summed E-state index contributed by atoms with van der Waals surface area (Å²) in [6.45, 7) is 6.95. The lowest BCUT2D eigenvalue weighted by Gasteiger charge is -2.26. The molecule has 1 aliphatic rings. The molecule has 1 unspecified atom stereocenters. The maximum absolute atomic E-state index is 10.7. The third-order valence-electron chi connectivity index (χ3n) is 3.38. The smallest absolute Gasteiger partial charge is 0.103 e. The van der Waals surface area contributed by atoms with Crippen LogP contribution in [0.25, 0.3) is 0 Å². The topological polar surface area (TPSA) is 32.3 Å². The maximum Gasteiger partial charge on any atom is 0.103 e. The van der Waals surface area contributed by atoms with E-state index in [4.69, 9.17) is 0 Å². The van der Waals surface area contributed by atoms with Crippen LogP contribution in [-0.4, -0.2) is 17.7 Å². The van der Waals surface area contributed by atoms with Crippen molar-refractivity contribution in [2.45, 2.75) is 45.3 Å². The summed E-state index contributed by atoms with van der Waals surface area (Å²) < 4.78 is 0. The highest BCUT2D eigenvalue weighted by molar-refractivity contribution is 5.40. The molecule has 0 bridgehead atoms. The molecule has 0 aliphatic heterocycles. The van der Waals surface area contributed by atoms with Crippen molar-refractivity contribution in [3.8, 4) is 0 Å². The lowest BCUT2D eigenvalue weighted by atomic mass is 9.94. The van der Waals surface area contributed by atoms with Crippen molar-refractivity contribution in [1.29, 1.82) is 0 Å². The molecule has 2 nitrogen and oxygen atoms in total. The number of hydrogen-bond acceptors (Lipinski definition) is 2. The molecule has 1 aromatic rings. The zero-order valence-electron chi connectivity index (χ0n) is 10.4. The van der Waals surface area contributed by atoms with E-state index in [-0.39, 0.29) is 0 Å². The molecule has 1 aliphatic carbocycles. The van der Waals surface area contributed by atoms with Crippen molar-refractivity contribution in [2.24, 2.45) is 0 Å². The van der Waals surface area contributed by atoms with E-state index in [1.807, 2.05) is 0 Å². The molecule has 0 aromatic heterocycles. The average Bonchev–Trinajstić information content (AvgIpc) is 2.55. The molecule has 0 saturated carbocycles. The second kappa shape index (κ2) is 4.19. The Morgan fingerprint density at radius 2 is 2.19 bits per heavy atom. The lowest BCUT2D eigenvalue weighted by Crippen LogP contribution is -2.39. The Labute approximate surface area is 97.7 Å². The van der Waals surface area contributed by atoms with E-state index in [1.54, 1.807) is 0 Å². The fourth-order valence-corrected chi connectivity index (χ4v) is 2.37. The first-order valence-electron chi connectivity index (χ1n) is 6.07. The van der Waals surface area contributed by atoms with E-state index in [2.05, 4.69) is 44.3 Å². The molecule has 2 N–H and O–H groups in total. The van der Waals surface area contributed by atoms with E-state index < -0.39 is 5.60 Å². The zero-order valence-corrected chi connectivity index (χ0v) is 10.4. The molecule has 88 valence electrons. The number of nitrogens with one attached hydrogen (secondary N) is 1. The van der Waals surface area contributed by atoms with Crippen molar-refractivity contribution in [1.82, 2.24) is 5.32 Å². The van der Waals surface area contributed by atoms with Crippen LogP contribution in [0.4, 0.5) is 0 Å². The zero-order chi connectivity index (χ0) is 11.8. The molecule has 16 heavy (non-hydrogen) atoms. The summed E-state index contributed by atoms with van der Waals surface area (Å²) in [6.07, 6.45) is 1.83. The first-order valence-corrected chi connectivity index (χ1v) is 6.07. The third-order valence-corrected chi connectivity index (χ3v) is 3.38. The minimum absolute atomic E-state index is 0.415. The predicted octanol–water partition coefficient (Wildman–Crippen LogP) is 2.13. The number of fused-ring (bicyclic) bond motifs is 1. The summed E-state index contributed by atoms with van der Waals surface area (Å²) in [5.41, 5.74) is 2.99. The van der Waals surface area contributed by atoms with Crippen LogP contribution in [0.5, 0.6) is 0 Å². The second-order valence-electron chi connectivity index (χ2n) is 5.23. The van der Waals surface area contributed by atoms with Crippen LogP contribution in [0.2, 0.25) is 0 Å². The van der Waals surface area contributed by atoms with Gasteiger partial charge in [0, 0.05) is 12.6 Å². The van der Waals surface area contributed by atoms with Crippen molar-refractivity contribution in [3.63, 3.8) is 0 Å². The van der Waals surface area contributed by atoms with Gasteiger partial charge in [-0.25, -0.2) is 0 Å². The van der Waals surface area contributed by atoms with E-state index in [0.29, 0.717) is 12.6 Å². The molecule has 0 radical (unpaired) electrons. The van der Waals surface area contributed by atoms with Crippen LogP contribution in [0, 0.1) is 6.92 Å². The van der Waals surface area contributed by atoms with Crippen LogP contribution < -0.4 is 5.32 Å². The van der Waals surface area contributed by atoms with E-state index in [9.17, 15) is 5.11 Å². The van der Waals surface area contributed by atoms with Crippen molar-refractivity contribution in [2.75, 3.05) is 6.54 Å². The van der Waals surface area contributed by atoms with Crippen LogP contribution in [0.1, 0.15) is 37.0 Å². The quantitative estimate of drug-likeness (QED) is 0.816. The molecule has 1 aromatic carbocycles. The molecule has 0 heterocycles. The monoisotopic (exact) mass is 219 g/mol. The first-order chi connectivity index (χ1) is 7.51. The number of benzene rings is 1. The van der Waals surface area contributed by atoms with Crippen molar-refractivity contribution in [3.05, 3.63) is 34.9 Å². The molecule has 0 saturated heterocycles. The molecule has 1 atom stereocenters. The lowest BCUT2D eigenvalue weighted by molar-refractivity contribution is 0.0368. The standard InChI is InChI=1S/C14H21NO/c1-10(2)15-9-14(16)7-6-12-5-4-11(3)8-13(12)14/h4-5,8,10,15-16H,6-7,9H2,1-3H3. The fourth-order valence-electron chi connectivity index (χ4n) is 2.37. The minimum Gasteiger partial charge on any atom is -0.384 e. The Morgan fingerprint density at radius 3 is 2.88 bits per heavy atom. The van der Waals surface area contributed by atoms with E-state index >= 15 is 0 Å². The second-order valence-corrected chi connectivity index (χ2v) is 5.23. The largest absolute Gasteiger partial charge is 0.384 e. The molecule has 0 amide bonds. The number of hydrogen-bond donors (Lipinski definition) is 2. The van der Waals surface area contributed by atoms with Gasteiger partial charge in [-0.1, -0.05) is 37.6 Å². The molecule has 2 rings (SSSR count). The van der Waals surface area contributed by atoms with Gasteiger partial charge >= 0.3 is 0 Å². The number of aliphatic hydroxyl groups is 1. The number of rotatable bonds is 3. The Hall–Kier alpha value is -0.860. The molecule has 0 fully saturated rings. The van der Waals surface area contributed by atoms with Gasteiger partial charge in [-0.3, -0.25) is 0 Å². The Morgan fingerprint density at radius 1 is 1.44 bits per heavy atom. The normalized spacial score (nSPS) is 23.8. The van der Waals surface area contributed by atoms with Gasteiger partial charge < -0.3 is 10.4 Å².